The molecule has 0 radical (unpaired) electrons. The van der Waals surface area contributed by atoms with Gasteiger partial charge in [0.05, 0.1) is 0 Å². The van der Waals surface area contributed by atoms with E-state index in [1.54, 1.807) is 11.8 Å². The first-order valence-corrected chi connectivity index (χ1v) is 9.39. The van der Waals surface area contributed by atoms with Crippen LogP contribution in [0.3, 0.4) is 0 Å². The third kappa shape index (κ3) is 14.0. The first kappa shape index (κ1) is 18.8. The van der Waals surface area contributed by atoms with E-state index in [2.05, 4.69) is 30.4 Å². The van der Waals surface area contributed by atoms with Crippen LogP contribution >= 0.6 is 11.8 Å². The maximum atomic E-state index is 4.64. The minimum absolute atomic E-state index is 0.989. The van der Waals surface area contributed by atoms with E-state index >= 15 is 0 Å². The van der Waals surface area contributed by atoms with Crippen LogP contribution in [0, 0.1) is 0 Å². The topological polar surface area (TPSA) is 24.4 Å². The minimum Gasteiger partial charge on any atom is -0.365 e. The molecule has 0 aliphatic rings. The lowest BCUT2D eigenvalue weighted by atomic mass is 10.1. The molecule has 0 fully saturated rings. The monoisotopic (exact) mass is 286 g/mol. The minimum atomic E-state index is 0.989. The molecule has 114 valence electrons. The van der Waals surface area contributed by atoms with Gasteiger partial charge >= 0.3 is 0 Å². The Kier molecular flexibility index (Phi) is 15.7. The van der Waals surface area contributed by atoms with Gasteiger partial charge in [-0.15, -0.1) is 0 Å². The average molecular weight is 287 g/mol. The lowest BCUT2D eigenvalue weighted by Crippen LogP contribution is -2.21. The molecule has 0 amide bonds. The molecule has 0 unspecified atom stereocenters. The normalized spacial score (nSPS) is 11.8. The zero-order chi connectivity index (χ0) is 14.2. The predicted octanol–water partition coefficient (Wildman–Crippen LogP) is 5.24. The number of rotatable bonds is 12. The zero-order valence-corrected chi connectivity index (χ0v) is 14.2. The summed E-state index contributed by atoms with van der Waals surface area (Å²) in [5, 5.41) is 4.59. The lowest BCUT2D eigenvalue weighted by molar-refractivity contribution is 0.623. The third-order valence-corrected chi connectivity index (χ3v) is 3.93. The van der Waals surface area contributed by atoms with Gasteiger partial charge in [-0.1, -0.05) is 77.0 Å². The number of hydrogen-bond acceptors (Lipinski definition) is 2. The van der Waals surface area contributed by atoms with Gasteiger partial charge in [-0.2, -0.15) is 0 Å². The molecule has 2 nitrogen and oxygen atoms in total. The third-order valence-electron chi connectivity index (χ3n) is 3.27. The van der Waals surface area contributed by atoms with Crippen molar-refractivity contribution in [1.82, 2.24) is 5.32 Å². The fourth-order valence-corrected chi connectivity index (χ4v) is 2.48. The summed E-state index contributed by atoms with van der Waals surface area (Å²) in [7, 11) is 0. The number of nitrogens with zero attached hydrogens (tertiary/aromatic N) is 1. The van der Waals surface area contributed by atoms with E-state index < -0.39 is 0 Å². The van der Waals surface area contributed by atoms with E-state index in [1.807, 2.05) is 0 Å². The Morgan fingerprint density at radius 2 is 1.42 bits per heavy atom. The summed E-state index contributed by atoms with van der Waals surface area (Å²) < 4.78 is 0. The Morgan fingerprint density at radius 3 is 2.00 bits per heavy atom. The Labute approximate surface area is 125 Å². The van der Waals surface area contributed by atoms with Crippen LogP contribution in [0.1, 0.15) is 78.1 Å². The van der Waals surface area contributed by atoms with Crippen molar-refractivity contribution in [2.24, 2.45) is 4.99 Å². The average Bonchev–Trinajstić information content (AvgIpc) is 2.44. The maximum absolute atomic E-state index is 4.64. The number of nitrogens with one attached hydrogen (secondary N) is 1. The summed E-state index contributed by atoms with van der Waals surface area (Å²) in [6.07, 6.45) is 15.4. The summed E-state index contributed by atoms with van der Waals surface area (Å²) in [5.41, 5.74) is 0. The van der Waals surface area contributed by atoms with Gasteiger partial charge < -0.3 is 5.32 Å². The second-order valence-corrected chi connectivity index (χ2v) is 5.94. The van der Waals surface area contributed by atoms with Crippen LogP contribution < -0.4 is 5.32 Å². The highest BCUT2D eigenvalue weighted by Gasteiger charge is 1.96. The van der Waals surface area contributed by atoms with Gasteiger partial charge in [0.1, 0.15) is 0 Å². The summed E-state index contributed by atoms with van der Waals surface area (Å²) in [4.78, 5) is 4.64. The number of thioether (sulfide) groups is 1. The molecule has 19 heavy (non-hydrogen) atoms. The van der Waals surface area contributed by atoms with E-state index in [9.17, 15) is 0 Å². The van der Waals surface area contributed by atoms with Crippen molar-refractivity contribution < 1.29 is 0 Å². The molecular formula is C16H34N2S. The molecule has 0 aromatic heterocycles. The summed E-state index contributed by atoms with van der Waals surface area (Å²) in [6.45, 7) is 6.59. The second kappa shape index (κ2) is 15.9. The number of amidine groups is 1. The SMILES string of the molecule is CCCCCCCN=C(NCCCCCCC)SC. The standard InChI is InChI=1S/C16H34N2S/c1-4-6-8-10-12-14-17-16(19-3)18-15-13-11-9-7-5-2/h4-15H2,1-3H3,(H,17,18). The Bertz CT molecular complexity index is 205. The molecule has 0 aromatic rings. The smallest absolute Gasteiger partial charge is 0.156 e. The fourth-order valence-electron chi connectivity index (χ4n) is 2.01. The molecule has 0 saturated heterocycles. The Hall–Kier alpha value is -0.180. The van der Waals surface area contributed by atoms with Crippen molar-refractivity contribution in [3.8, 4) is 0 Å². The van der Waals surface area contributed by atoms with Crippen LogP contribution in [0.2, 0.25) is 0 Å². The first-order valence-electron chi connectivity index (χ1n) is 8.17. The van der Waals surface area contributed by atoms with Gasteiger partial charge in [-0.05, 0) is 19.1 Å². The highest BCUT2D eigenvalue weighted by molar-refractivity contribution is 8.13. The van der Waals surface area contributed by atoms with Crippen LogP contribution in [0.4, 0.5) is 0 Å². The predicted molar refractivity (Wildman–Crippen MR) is 91.3 cm³/mol. The van der Waals surface area contributed by atoms with Gasteiger partial charge in [0, 0.05) is 13.1 Å². The van der Waals surface area contributed by atoms with Crippen LogP contribution in [-0.4, -0.2) is 24.5 Å². The molecule has 0 aliphatic heterocycles. The van der Waals surface area contributed by atoms with Crippen molar-refractivity contribution in [2.75, 3.05) is 19.3 Å². The summed E-state index contributed by atoms with van der Waals surface area (Å²) in [6, 6.07) is 0. The maximum Gasteiger partial charge on any atom is 0.156 e. The van der Waals surface area contributed by atoms with Gasteiger partial charge in [0.2, 0.25) is 0 Å². The molecule has 0 aromatic carbocycles. The van der Waals surface area contributed by atoms with Crippen LogP contribution in [0.15, 0.2) is 4.99 Å². The summed E-state index contributed by atoms with van der Waals surface area (Å²) >= 11 is 1.75. The Balaban J connectivity index is 3.46. The summed E-state index contributed by atoms with van der Waals surface area (Å²) in [5.74, 6) is 0. The fraction of sp³-hybridized carbons (Fsp3) is 0.938. The van der Waals surface area contributed by atoms with Gasteiger partial charge in [-0.3, -0.25) is 4.99 Å². The molecule has 0 bridgehead atoms. The van der Waals surface area contributed by atoms with E-state index in [0.717, 1.165) is 18.3 Å². The van der Waals surface area contributed by atoms with Crippen molar-refractivity contribution in [2.45, 2.75) is 78.1 Å². The number of aliphatic imine (C=N–C) groups is 1. The molecule has 0 aliphatic carbocycles. The highest BCUT2D eigenvalue weighted by Crippen LogP contribution is 2.04. The number of unbranched alkanes of at least 4 members (excludes halogenated alkanes) is 8. The van der Waals surface area contributed by atoms with Crippen molar-refractivity contribution in [3.05, 3.63) is 0 Å². The van der Waals surface area contributed by atoms with E-state index in [0.29, 0.717) is 0 Å². The van der Waals surface area contributed by atoms with E-state index in [4.69, 9.17) is 0 Å². The van der Waals surface area contributed by atoms with Gasteiger partial charge in [0.15, 0.2) is 5.17 Å². The quantitative estimate of drug-likeness (QED) is 0.301. The molecule has 3 heteroatoms. The van der Waals surface area contributed by atoms with E-state index in [-0.39, 0.29) is 0 Å². The molecule has 0 atom stereocenters. The van der Waals surface area contributed by atoms with Crippen LogP contribution in [0.5, 0.6) is 0 Å². The van der Waals surface area contributed by atoms with Crippen molar-refractivity contribution >= 4 is 16.9 Å². The van der Waals surface area contributed by atoms with Gasteiger partial charge in [0.25, 0.3) is 0 Å². The van der Waals surface area contributed by atoms with Gasteiger partial charge in [-0.25, -0.2) is 0 Å². The largest absolute Gasteiger partial charge is 0.365 e. The molecule has 0 saturated carbocycles. The molecular weight excluding hydrogens is 252 g/mol. The number of hydrogen-bond donors (Lipinski definition) is 1. The van der Waals surface area contributed by atoms with Crippen molar-refractivity contribution in [1.29, 1.82) is 0 Å². The molecule has 0 spiro atoms. The van der Waals surface area contributed by atoms with Crippen LogP contribution in [0.25, 0.3) is 0 Å². The van der Waals surface area contributed by atoms with Crippen molar-refractivity contribution in [3.63, 3.8) is 0 Å². The molecule has 1 N–H and O–H groups in total. The highest BCUT2D eigenvalue weighted by atomic mass is 32.2. The Morgan fingerprint density at radius 1 is 0.842 bits per heavy atom. The molecule has 0 rings (SSSR count). The van der Waals surface area contributed by atoms with E-state index in [1.165, 1.54) is 64.2 Å². The second-order valence-electron chi connectivity index (χ2n) is 5.15. The molecule has 0 heterocycles. The van der Waals surface area contributed by atoms with Crippen LogP contribution in [-0.2, 0) is 0 Å². The zero-order valence-electron chi connectivity index (χ0n) is 13.3. The first-order chi connectivity index (χ1) is 9.35. The lowest BCUT2D eigenvalue weighted by Gasteiger charge is -2.07.